The van der Waals surface area contributed by atoms with Crippen molar-refractivity contribution in [1.82, 2.24) is 4.90 Å². The average molecular weight is 746 g/mol. The fraction of sp³-hybridized carbons (Fsp3) is 0.375. The molecule has 0 aromatic heterocycles. The predicted molar refractivity (Wildman–Crippen MR) is 196 cm³/mol. The zero-order valence-corrected chi connectivity index (χ0v) is 31.0. The smallest absolute Gasteiger partial charge is 0.262 e. The number of ketones is 2. The van der Waals surface area contributed by atoms with Crippen LogP contribution in [-0.2, 0) is 20.8 Å². The summed E-state index contributed by atoms with van der Waals surface area (Å²) in [6, 6.07) is 20.9. The molecule has 0 fully saturated rings. The van der Waals surface area contributed by atoms with E-state index in [9.17, 15) is 14.4 Å². The molecule has 0 saturated heterocycles. The van der Waals surface area contributed by atoms with Crippen molar-refractivity contribution in [3.05, 3.63) is 110 Å². The van der Waals surface area contributed by atoms with Gasteiger partial charge in [-0.1, -0.05) is 69.6 Å². The summed E-state index contributed by atoms with van der Waals surface area (Å²) < 4.78 is 12.4. The molecule has 0 bridgehead atoms. The van der Waals surface area contributed by atoms with Crippen LogP contribution in [0.3, 0.4) is 0 Å². The number of methoxy groups -OCH3 is 1. The van der Waals surface area contributed by atoms with Gasteiger partial charge in [-0.05, 0) is 93.5 Å². The number of benzene rings is 3. The molecule has 7 nitrogen and oxygen atoms in total. The minimum absolute atomic E-state index is 0.0689. The van der Waals surface area contributed by atoms with Crippen LogP contribution in [-0.4, -0.2) is 42.6 Å². The Morgan fingerprint density at radius 1 is 0.898 bits per heavy atom. The van der Waals surface area contributed by atoms with E-state index in [1.165, 1.54) is 12.7 Å². The number of amides is 1. The van der Waals surface area contributed by atoms with Crippen molar-refractivity contribution >= 4 is 50.7 Å². The summed E-state index contributed by atoms with van der Waals surface area (Å²) in [4.78, 5) is 43.6. The van der Waals surface area contributed by atoms with E-state index < -0.39 is 5.92 Å². The zero-order valence-electron chi connectivity index (χ0n) is 28.6. The minimum Gasteiger partial charge on any atom is -0.493 e. The first kappa shape index (κ1) is 35.0. The van der Waals surface area contributed by atoms with Crippen LogP contribution in [0.1, 0.15) is 70.4 Å². The molecular formula is C40H42BrClN2O5. The van der Waals surface area contributed by atoms with Gasteiger partial charge in [0.2, 0.25) is 0 Å². The molecule has 0 spiro atoms. The molecule has 2 aliphatic carbocycles. The number of carbonyl (C=O) groups is 3. The van der Waals surface area contributed by atoms with Gasteiger partial charge >= 0.3 is 0 Å². The second kappa shape index (κ2) is 13.8. The van der Waals surface area contributed by atoms with Gasteiger partial charge in [-0.25, -0.2) is 0 Å². The molecule has 3 aliphatic rings. The molecule has 9 heteroatoms. The Kier molecular flexibility index (Phi) is 9.84. The van der Waals surface area contributed by atoms with Crippen LogP contribution < -0.4 is 14.8 Å². The van der Waals surface area contributed by atoms with Crippen LogP contribution in [0.25, 0.3) is 0 Å². The van der Waals surface area contributed by atoms with Crippen LogP contribution in [0.2, 0.25) is 5.02 Å². The lowest BCUT2D eigenvalue weighted by molar-refractivity contribution is -0.120. The number of nitrogens with zero attached hydrogens (tertiary/aromatic N) is 1. The van der Waals surface area contributed by atoms with Gasteiger partial charge < -0.3 is 19.7 Å². The Bertz CT molecular complexity index is 1810. The van der Waals surface area contributed by atoms with Crippen LogP contribution >= 0.6 is 27.5 Å². The van der Waals surface area contributed by atoms with Gasteiger partial charge in [0.25, 0.3) is 5.91 Å². The van der Waals surface area contributed by atoms with E-state index in [0.717, 1.165) is 36.2 Å². The monoisotopic (exact) mass is 744 g/mol. The molecule has 3 aromatic carbocycles. The number of halogens is 2. The number of allylic oxidation sites excluding steroid dienone is 4. The maximum atomic E-state index is 14.3. The molecule has 0 radical (unpaired) electrons. The van der Waals surface area contributed by atoms with Gasteiger partial charge in [0.15, 0.2) is 29.7 Å². The van der Waals surface area contributed by atoms with E-state index >= 15 is 0 Å². The molecule has 0 unspecified atom stereocenters. The van der Waals surface area contributed by atoms with Crippen LogP contribution in [0, 0.1) is 10.8 Å². The molecule has 0 saturated carbocycles. The Morgan fingerprint density at radius 3 is 2.06 bits per heavy atom. The summed E-state index contributed by atoms with van der Waals surface area (Å²) >= 11 is 9.64. The van der Waals surface area contributed by atoms with Crippen molar-refractivity contribution in [2.75, 3.05) is 25.6 Å². The van der Waals surface area contributed by atoms with Crippen molar-refractivity contribution in [3.8, 4) is 11.5 Å². The fourth-order valence-corrected chi connectivity index (χ4v) is 8.15. The molecular weight excluding hydrogens is 704 g/mol. The highest BCUT2D eigenvalue weighted by Crippen LogP contribution is 2.55. The van der Waals surface area contributed by atoms with Gasteiger partial charge in [-0.2, -0.15) is 0 Å². The van der Waals surface area contributed by atoms with Crippen LogP contribution in [0.15, 0.2) is 93.7 Å². The molecule has 49 heavy (non-hydrogen) atoms. The number of nitrogens with one attached hydrogen (secondary N) is 1. The van der Waals surface area contributed by atoms with Gasteiger partial charge in [-0.3, -0.25) is 14.4 Å². The number of hydrogen-bond donors (Lipinski definition) is 1. The molecule has 256 valence electrons. The summed E-state index contributed by atoms with van der Waals surface area (Å²) in [6.45, 7) is 9.00. The Balaban J connectivity index is 1.40. The molecule has 1 amide bonds. The number of hydrogen-bond acceptors (Lipinski definition) is 6. The first-order valence-corrected chi connectivity index (χ1v) is 17.8. The Morgan fingerprint density at radius 2 is 1.49 bits per heavy atom. The third kappa shape index (κ3) is 7.51. The number of rotatable bonds is 9. The van der Waals surface area contributed by atoms with E-state index in [0.29, 0.717) is 57.2 Å². The van der Waals surface area contributed by atoms with E-state index in [-0.39, 0.29) is 34.9 Å². The highest BCUT2D eigenvalue weighted by atomic mass is 79.9. The summed E-state index contributed by atoms with van der Waals surface area (Å²) in [5.74, 6) is -0.00443. The molecule has 1 heterocycles. The van der Waals surface area contributed by atoms with Crippen molar-refractivity contribution in [1.29, 1.82) is 0 Å². The third-order valence-electron chi connectivity index (χ3n) is 9.55. The predicted octanol–water partition coefficient (Wildman–Crippen LogP) is 9.06. The average Bonchev–Trinajstić information content (AvgIpc) is 3.03. The zero-order chi connectivity index (χ0) is 35.1. The first-order chi connectivity index (χ1) is 23.2. The summed E-state index contributed by atoms with van der Waals surface area (Å²) in [6.07, 6.45) is 3.05. The normalized spacial score (nSPS) is 18.6. The molecule has 1 N–H and O–H groups in total. The Labute approximate surface area is 301 Å². The Hall–Kier alpha value is -3.88. The van der Waals surface area contributed by atoms with E-state index in [2.05, 4.69) is 66.0 Å². The lowest BCUT2D eigenvalue weighted by atomic mass is 9.63. The largest absolute Gasteiger partial charge is 0.493 e. The van der Waals surface area contributed by atoms with Gasteiger partial charge in [0.05, 0.1) is 11.6 Å². The maximum Gasteiger partial charge on any atom is 0.262 e. The van der Waals surface area contributed by atoms with E-state index in [1.807, 2.05) is 30.3 Å². The second-order valence-corrected chi connectivity index (χ2v) is 16.1. The summed E-state index contributed by atoms with van der Waals surface area (Å²) in [5.41, 5.74) is 5.56. The highest BCUT2D eigenvalue weighted by Gasteiger charge is 2.49. The van der Waals surface area contributed by atoms with Crippen molar-refractivity contribution < 1.29 is 23.9 Å². The van der Waals surface area contributed by atoms with Crippen molar-refractivity contribution in [2.45, 2.75) is 65.7 Å². The molecule has 1 aliphatic heterocycles. The SMILES string of the molecule is COc1cc(C2C3=C(CC(C)(C)CC3=O)N(CCc3ccccc3)C3=C2C(=O)CC(C)(C)C3)cc(Br)c1OCC(=O)Nc1ccc(Cl)cc1. The highest BCUT2D eigenvalue weighted by molar-refractivity contribution is 9.10. The van der Waals surface area contributed by atoms with Crippen molar-refractivity contribution in [2.24, 2.45) is 10.8 Å². The number of Topliss-reactive ketones (excluding diaryl/α,β-unsaturated/α-hetero) is 2. The van der Waals surface area contributed by atoms with E-state index in [1.54, 1.807) is 24.3 Å². The van der Waals surface area contributed by atoms with Crippen molar-refractivity contribution in [3.63, 3.8) is 0 Å². The van der Waals surface area contributed by atoms with Crippen LogP contribution in [0.4, 0.5) is 5.69 Å². The lowest BCUT2D eigenvalue weighted by Crippen LogP contribution is -2.45. The standard InChI is InChI=1S/C40H42BrClN2O5/c1-39(2)19-29-36(31(45)21-39)35(37-30(20-40(3,4)22-32(37)46)44(29)16-15-24-9-7-6-8-10-24)25-17-28(41)38(33(18-25)48-5)49-23-34(47)43-27-13-11-26(42)12-14-27/h6-14,17-18,35H,15-16,19-23H2,1-5H3,(H,43,47). The number of carbonyl (C=O) groups excluding carboxylic acids is 3. The van der Waals surface area contributed by atoms with Gasteiger partial charge in [-0.15, -0.1) is 0 Å². The van der Waals surface area contributed by atoms with E-state index in [4.69, 9.17) is 21.1 Å². The second-order valence-electron chi connectivity index (χ2n) is 14.8. The van der Waals surface area contributed by atoms with Gasteiger partial charge in [0, 0.05) is 58.6 Å². The molecule has 0 atom stereocenters. The fourth-order valence-electron chi connectivity index (χ4n) is 7.45. The van der Waals surface area contributed by atoms with Crippen LogP contribution in [0.5, 0.6) is 11.5 Å². The summed E-state index contributed by atoms with van der Waals surface area (Å²) in [5, 5.41) is 3.37. The summed E-state index contributed by atoms with van der Waals surface area (Å²) in [7, 11) is 1.54. The lowest BCUT2D eigenvalue weighted by Gasteiger charge is -2.49. The molecule has 3 aromatic rings. The molecule has 6 rings (SSSR count). The number of ether oxygens (including phenoxy) is 2. The topological polar surface area (TPSA) is 84.9 Å². The first-order valence-electron chi connectivity index (χ1n) is 16.6. The quantitative estimate of drug-likeness (QED) is 0.235. The minimum atomic E-state index is -0.544. The maximum absolute atomic E-state index is 14.3. The van der Waals surface area contributed by atoms with Gasteiger partial charge in [0.1, 0.15) is 0 Å². The number of anilines is 1. The third-order valence-corrected chi connectivity index (χ3v) is 10.4.